The van der Waals surface area contributed by atoms with Gasteiger partial charge in [0.1, 0.15) is 0 Å². The van der Waals surface area contributed by atoms with E-state index < -0.39 is 0 Å². The first-order valence-electron chi connectivity index (χ1n) is 8.43. The predicted octanol–water partition coefficient (Wildman–Crippen LogP) is 4.06. The zero-order valence-electron chi connectivity index (χ0n) is 14.0. The van der Waals surface area contributed by atoms with Crippen LogP contribution in [0.3, 0.4) is 0 Å². The molecule has 1 aliphatic rings. The lowest BCUT2D eigenvalue weighted by Crippen LogP contribution is -2.43. The summed E-state index contributed by atoms with van der Waals surface area (Å²) in [6.07, 6.45) is 5.07. The molecule has 1 unspecified atom stereocenters. The maximum Gasteiger partial charge on any atom is 0.223 e. The van der Waals surface area contributed by atoms with Crippen molar-refractivity contribution in [3.8, 4) is 0 Å². The zero-order valence-corrected chi connectivity index (χ0v) is 14.0. The summed E-state index contributed by atoms with van der Waals surface area (Å²) in [7, 11) is 0. The van der Waals surface area contributed by atoms with Crippen LogP contribution < -0.4 is 0 Å². The number of nitrogens with zero attached hydrogens (tertiary/aromatic N) is 1. The van der Waals surface area contributed by atoms with Gasteiger partial charge >= 0.3 is 0 Å². The van der Waals surface area contributed by atoms with E-state index in [-0.39, 0.29) is 11.7 Å². The standard InChI is InChI=1S/C19H27NO2/c1-4-16-7-5-6-12-20(16)19(22)11-10-18(21)17-13-14(2)8-9-15(17)3/h8-9,13,16H,4-7,10-12H2,1-3H3. The van der Waals surface area contributed by atoms with Gasteiger partial charge in [0.25, 0.3) is 0 Å². The highest BCUT2D eigenvalue weighted by molar-refractivity contribution is 5.99. The van der Waals surface area contributed by atoms with Crippen molar-refractivity contribution in [1.29, 1.82) is 0 Å². The maximum absolute atomic E-state index is 12.4. The number of hydrogen-bond donors (Lipinski definition) is 0. The average molecular weight is 301 g/mol. The largest absolute Gasteiger partial charge is 0.340 e. The van der Waals surface area contributed by atoms with E-state index in [4.69, 9.17) is 0 Å². The Morgan fingerprint density at radius 2 is 1.95 bits per heavy atom. The quantitative estimate of drug-likeness (QED) is 0.769. The van der Waals surface area contributed by atoms with Crippen LogP contribution in [0.25, 0.3) is 0 Å². The van der Waals surface area contributed by atoms with Gasteiger partial charge in [-0.1, -0.05) is 24.6 Å². The summed E-state index contributed by atoms with van der Waals surface area (Å²) in [6, 6.07) is 6.29. The number of rotatable bonds is 5. The lowest BCUT2D eigenvalue weighted by atomic mass is 9.97. The van der Waals surface area contributed by atoms with Gasteiger partial charge in [-0.25, -0.2) is 0 Å². The van der Waals surface area contributed by atoms with Gasteiger partial charge in [0.2, 0.25) is 5.91 Å². The van der Waals surface area contributed by atoms with Crippen LogP contribution in [0.4, 0.5) is 0 Å². The molecule has 0 aromatic heterocycles. The van der Waals surface area contributed by atoms with Gasteiger partial charge < -0.3 is 4.90 Å². The van der Waals surface area contributed by atoms with Crippen LogP contribution in [0.5, 0.6) is 0 Å². The number of likely N-dealkylation sites (tertiary alicyclic amines) is 1. The first-order chi connectivity index (χ1) is 10.5. The fourth-order valence-corrected chi connectivity index (χ4v) is 3.29. The molecule has 1 fully saturated rings. The number of carbonyl (C=O) groups is 2. The van der Waals surface area contributed by atoms with Gasteiger partial charge in [-0.3, -0.25) is 9.59 Å². The van der Waals surface area contributed by atoms with Crippen molar-refractivity contribution in [2.45, 2.75) is 65.3 Å². The Kier molecular flexibility index (Phi) is 5.76. The number of ketones is 1. The Labute approximate surface area is 133 Å². The molecule has 3 nitrogen and oxygen atoms in total. The minimum atomic E-state index is 0.0830. The molecule has 3 heteroatoms. The van der Waals surface area contributed by atoms with E-state index >= 15 is 0 Å². The second kappa shape index (κ2) is 7.57. The van der Waals surface area contributed by atoms with Gasteiger partial charge in [0.15, 0.2) is 5.78 Å². The Hall–Kier alpha value is -1.64. The molecule has 1 aromatic rings. The number of benzene rings is 1. The van der Waals surface area contributed by atoms with E-state index in [0.717, 1.165) is 42.5 Å². The molecule has 1 aliphatic heterocycles. The van der Waals surface area contributed by atoms with E-state index in [0.29, 0.717) is 18.9 Å². The molecule has 0 N–H and O–H groups in total. The van der Waals surface area contributed by atoms with Crippen molar-refractivity contribution in [2.75, 3.05) is 6.54 Å². The fourth-order valence-electron chi connectivity index (χ4n) is 3.29. The third-order valence-corrected chi connectivity index (χ3v) is 4.68. The van der Waals surface area contributed by atoms with Gasteiger partial charge in [-0.2, -0.15) is 0 Å². The van der Waals surface area contributed by atoms with Crippen LogP contribution in [0.1, 0.15) is 66.9 Å². The Morgan fingerprint density at radius 3 is 2.68 bits per heavy atom. The summed E-state index contributed by atoms with van der Waals surface area (Å²) < 4.78 is 0. The molecule has 0 bridgehead atoms. The third kappa shape index (κ3) is 3.96. The summed E-state index contributed by atoms with van der Waals surface area (Å²) in [5.41, 5.74) is 2.84. The highest BCUT2D eigenvalue weighted by atomic mass is 16.2. The number of amides is 1. The maximum atomic E-state index is 12.4. The van der Waals surface area contributed by atoms with Crippen molar-refractivity contribution in [3.05, 3.63) is 34.9 Å². The predicted molar refractivity (Wildman–Crippen MR) is 89.1 cm³/mol. The minimum Gasteiger partial charge on any atom is -0.340 e. The van der Waals surface area contributed by atoms with Crippen molar-refractivity contribution >= 4 is 11.7 Å². The molecule has 0 spiro atoms. The molecule has 1 atom stereocenters. The van der Waals surface area contributed by atoms with Gasteiger partial charge in [0, 0.05) is 31.0 Å². The summed E-state index contributed by atoms with van der Waals surface area (Å²) >= 11 is 0. The molecule has 22 heavy (non-hydrogen) atoms. The Balaban J connectivity index is 1.95. The highest BCUT2D eigenvalue weighted by Crippen LogP contribution is 2.21. The normalized spacial score (nSPS) is 18.3. The molecule has 0 radical (unpaired) electrons. The van der Waals surface area contributed by atoms with Gasteiger partial charge in [0.05, 0.1) is 0 Å². The molecule has 0 aliphatic carbocycles. The lowest BCUT2D eigenvalue weighted by molar-refractivity contribution is -0.134. The molecule has 120 valence electrons. The molecular formula is C19H27NO2. The molecule has 0 saturated carbocycles. The van der Waals surface area contributed by atoms with Crippen LogP contribution in [0, 0.1) is 13.8 Å². The van der Waals surface area contributed by atoms with E-state index in [9.17, 15) is 9.59 Å². The summed E-state index contributed by atoms with van der Waals surface area (Å²) in [6.45, 7) is 6.93. The van der Waals surface area contributed by atoms with Crippen molar-refractivity contribution in [1.82, 2.24) is 4.90 Å². The zero-order chi connectivity index (χ0) is 16.1. The van der Waals surface area contributed by atoms with Crippen molar-refractivity contribution in [2.24, 2.45) is 0 Å². The lowest BCUT2D eigenvalue weighted by Gasteiger charge is -2.35. The molecule has 1 amide bonds. The first kappa shape index (κ1) is 16.7. The van der Waals surface area contributed by atoms with Crippen LogP contribution in [0.15, 0.2) is 18.2 Å². The van der Waals surface area contributed by atoms with E-state index in [1.807, 2.05) is 36.9 Å². The monoisotopic (exact) mass is 301 g/mol. The summed E-state index contributed by atoms with van der Waals surface area (Å²) in [5, 5.41) is 0. The topological polar surface area (TPSA) is 37.4 Å². The van der Waals surface area contributed by atoms with Crippen LogP contribution in [-0.4, -0.2) is 29.2 Å². The van der Waals surface area contributed by atoms with Crippen molar-refractivity contribution in [3.63, 3.8) is 0 Å². The molecule has 1 heterocycles. The van der Waals surface area contributed by atoms with E-state index in [1.54, 1.807) is 0 Å². The summed E-state index contributed by atoms with van der Waals surface area (Å²) in [4.78, 5) is 26.8. The fraction of sp³-hybridized carbons (Fsp3) is 0.579. The number of Topliss-reactive ketones (excluding diaryl/α,β-unsaturated/α-hetero) is 1. The second-order valence-corrected chi connectivity index (χ2v) is 6.39. The SMILES string of the molecule is CCC1CCCCN1C(=O)CCC(=O)c1cc(C)ccc1C. The third-order valence-electron chi connectivity index (χ3n) is 4.68. The van der Waals surface area contributed by atoms with Gasteiger partial charge in [-0.15, -0.1) is 0 Å². The molecule has 1 aromatic carbocycles. The average Bonchev–Trinajstić information content (AvgIpc) is 2.54. The second-order valence-electron chi connectivity index (χ2n) is 6.39. The first-order valence-corrected chi connectivity index (χ1v) is 8.43. The molecule has 1 saturated heterocycles. The Morgan fingerprint density at radius 1 is 1.18 bits per heavy atom. The van der Waals surface area contributed by atoms with Crippen molar-refractivity contribution < 1.29 is 9.59 Å². The Bertz CT molecular complexity index is 550. The number of aryl methyl sites for hydroxylation is 2. The highest BCUT2D eigenvalue weighted by Gasteiger charge is 2.25. The van der Waals surface area contributed by atoms with E-state index in [2.05, 4.69) is 6.92 Å². The smallest absolute Gasteiger partial charge is 0.223 e. The number of hydrogen-bond acceptors (Lipinski definition) is 2. The van der Waals surface area contributed by atoms with Crippen LogP contribution in [0.2, 0.25) is 0 Å². The van der Waals surface area contributed by atoms with Crippen LogP contribution in [-0.2, 0) is 4.79 Å². The summed E-state index contributed by atoms with van der Waals surface area (Å²) in [5.74, 6) is 0.227. The molecule has 2 rings (SSSR count). The van der Waals surface area contributed by atoms with Gasteiger partial charge in [-0.05, 0) is 51.2 Å². The minimum absolute atomic E-state index is 0.0830. The molecular weight excluding hydrogens is 274 g/mol. The van der Waals surface area contributed by atoms with Crippen LogP contribution >= 0.6 is 0 Å². The van der Waals surface area contributed by atoms with E-state index in [1.165, 1.54) is 6.42 Å². The number of piperidine rings is 1. The number of carbonyl (C=O) groups excluding carboxylic acids is 2.